The Hall–Kier alpha value is -1.12. The SMILES string of the molecule is CSC1NC2NC3CC(=O)N(Cc4ccccc4)CC3CN2N1. The van der Waals surface area contributed by atoms with E-state index in [9.17, 15) is 4.79 Å². The van der Waals surface area contributed by atoms with Gasteiger partial charge in [-0.1, -0.05) is 30.3 Å². The maximum atomic E-state index is 12.5. The van der Waals surface area contributed by atoms with Crippen LogP contribution in [0.3, 0.4) is 0 Å². The van der Waals surface area contributed by atoms with Gasteiger partial charge in [-0.3, -0.25) is 15.4 Å². The third kappa shape index (κ3) is 3.12. The van der Waals surface area contributed by atoms with Gasteiger partial charge in [-0.2, -0.15) is 0 Å². The fourth-order valence-corrected chi connectivity index (χ4v) is 4.21. The summed E-state index contributed by atoms with van der Waals surface area (Å²) in [5.41, 5.74) is 4.91. The number of likely N-dealkylation sites (tertiary alicyclic amines) is 1. The van der Waals surface area contributed by atoms with Crippen molar-refractivity contribution in [3.63, 3.8) is 0 Å². The van der Waals surface area contributed by atoms with E-state index in [-0.39, 0.29) is 23.7 Å². The molecule has 0 radical (unpaired) electrons. The fraction of sp³-hybridized carbons (Fsp3) is 0.562. The van der Waals surface area contributed by atoms with Gasteiger partial charge in [-0.05, 0) is 11.8 Å². The highest BCUT2D eigenvalue weighted by molar-refractivity contribution is 7.99. The van der Waals surface area contributed by atoms with Gasteiger partial charge in [0.1, 0.15) is 11.8 Å². The van der Waals surface area contributed by atoms with E-state index in [0.29, 0.717) is 18.9 Å². The van der Waals surface area contributed by atoms with E-state index in [4.69, 9.17) is 0 Å². The number of hydrogen-bond donors (Lipinski definition) is 3. The maximum Gasteiger partial charge on any atom is 0.224 e. The van der Waals surface area contributed by atoms with Crippen molar-refractivity contribution in [2.24, 2.45) is 5.92 Å². The second-order valence-electron chi connectivity index (χ2n) is 6.46. The second kappa shape index (κ2) is 6.41. The smallest absolute Gasteiger partial charge is 0.224 e. The second-order valence-corrected chi connectivity index (χ2v) is 7.41. The van der Waals surface area contributed by atoms with Crippen LogP contribution in [0.5, 0.6) is 0 Å². The minimum atomic E-state index is 0.127. The lowest BCUT2D eigenvalue weighted by molar-refractivity contribution is -0.139. The van der Waals surface area contributed by atoms with Crippen molar-refractivity contribution in [1.29, 1.82) is 0 Å². The van der Waals surface area contributed by atoms with Crippen LogP contribution >= 0.6 is 11.8 Å². The summed E-state index contributed by atoms with van der Waals surface area (Å²) in [5.74, 6) is 0.714. The molecule has 3 aliphatic rings. The van der Waals surface area contributed by atoms with E-state index in [2.05, 4.69) is 39.5 Å². The molecule has 4 unspecified atom stereocenters. The number of hydrazine groups is 1. The number of benzene rings is 1. The zero-order valence-electron chi connectivity index (χ0n) is 13.2. The van der Waals surface area contributed by atoms with Gasteiger partial charge in [0.15, 0.2) is 0 Å². The topological polar surface area (TPSA) is 59.6 Å². The minimum Gasteiger partial charge on any atom is -0.338 e. The summed E-state index contributed by atoms with van der Waals surface area (Å²) in [6, 6.07) is 10.5. The molecule has 0 aliphatic carbocycles. The first-order valence-electron chi connectivity index (χ1n) is 8.12. The number of rotatable bonds is 3. The van der Waals surface area contributed by atoms with Crippen molar-refractivity contribution in [3.8, 4) is 0 Å². The number of nitrogens with one attached hydrogen (secondary N) is 3. The normalized spacial score (nSPS) is 34.3. The highest BCUT2D eigenvalue weighted by Gasteiger charge is 2.44. The Labute approximate surface area is 140 Å². The maximum absolute atomic E-state index is 12.5. The van der Waals surface area contributed by atoms with Gasteiger partial charge in [0.25, 0.3) is 0 Å². The van der Waals surface area contributed by atoms with Crippen LogP contribution in [0.4, 0.5) is 0 Å². The molecule has 3 aliphatic heterocycles. The highest BCUT2D eigenvalue weighted by atomic mass is 32.2. The van der Waals surface area contributed by atoms with Gasteiger partial charge in [0.05, 0.1) is 0 Å². The number of nitrogens with zero attached hydrogens (tertiary/aromatic N) is 2. The van der Waals surface area contributed by atoms with E-state index in [1.807, 2.05) is 23.1 Å². The van der Waals surface area contributed by atoms with Crippen molar-refractivity contribution >= 4 is 17.7 Å². The molecule has 23 heavy (non-hydrogen) atoms. The zero-order chi connectivity index (χ0) is 15.8. The predicted molar refractivity (Wildman–Crippen MR) is 91.0 cm³/mol. The summed E-state index contributed by atoms with van der Waals surface area (Å²) < 4.78 is 0. The van der Waals surface area contributed by atoms with E-state index in [1.165, 1.54) is 5.56 Å². The van der Waals surface area contributed by atoms with Crippen LogP contribution in [0.2, 0.25) is 0 Å². The molecule has 6 nitrogen and oxygen atoms in total. The van der Waals surface area contributed by atoms with Crippen LogP contribution in [0.25, 0.3) is 0 Å². The molecule has 3 saturated heterocycles. The Morgan fingerprint density at radius 3 is 2.83 bits per heavy atom. The Morgan fingerprint density at radius 2 is 2.04 bits per heavy atom. The number of amides is 1. The molecule has 3 fully saturated rings. The summed E-state index contributed by atoms with van der Waals surface area (Å²) in [6.45, 7) is 2.50. The molecule has 124 valence electrons. The summed E-state index contributed by atoms with van der Waals surface area (Å²) in [4.78, 5) is 14.5. The van der Waals surface area contributed by atoms with Crippen molar-refractivity contribution < 1.29 is 4.79 Å². The zero-order valence-corrected chi connectivity index (χ0v) is 14.1. The van der Waals surface area contributed by atoms with Crippen LogP contribution in [-0.4, -0.2) is 53.0 Å². The molecule has 1 amide bonds. The van der Waals surface area contributed by atoms with E-state index in [0.717, 1.165) is 13.1 Å². The van der Waals surface area contributed by atoms with Crippen molar-refractivity contribution in [2.45, 2.75) is 30.8 Å². The number of carbonyl (C=O) groups is 1. The van der Waals surface area contributed by atoms with Crippen LogP contribution in [0.15, 0.2) is 30.3 Å². The largest absolute Gasteiger partial charge is 0.338 e. The van der Waals surface area contributed by atoms with Crippen molar-refractivity contribution in [3.05, 3.63) is 35.9 Å². The molecule has 1 aromatic carbocycles. The number of thioether (sulfide) groups is 1. The summed E-state index contributed by atoms with van der Waals surface area (Å²) in [5, 5.41) is 9.31. The van der Waals surface area contributed by atoms with Crippen LogP contribution in [-0.2, 0) is 11.3 Å². The van der Waals surface area contributed by atoms with Crippen LogP contribution in [0.1, 0.15) is 12.0 Å². The first kappa shape index (κ1) is 15.4. The molecule has 3 heterocycles. The van der Waals surface area contributed by atoms with Gasteiger partial charge in [0, 0.05) is 38.0 Å². The number of piperidine rings is 1. The predicted octanol–water partition coefficient (Wildman–Crippen LogP) is 0.347. The first-order chi connectivity index (χ1) is 11.2. The van der Waals surface area contributed by atoms with Crippen LogP contribution < -0.4 is 16.1 Å². The number of carbonyl (C=O) groups excluding carboxylic acids is 1. The average molecular weight is 333 g/mol. The lowest BCUT2D eigenvalue weighted by Gasteiger charge is -2.46. The van der Waals surface area contributed by atoms with Gasteiger partial charge >= 0.3 is 0 Å². The monoisotopic (exact) mass is 333 g/mol. The van der Waals surface area contributed by atoms with Gasteiger partial charge in [-0.25, -0.2) is 10.4 Å². The molecule has 4 atom stereocenters. The lowest BCUT2D eigenvalue weighted by Crippen LogP contribution is -2.66. The van der Waals surface area contributed by atoms with Gasteiger partial charge in [0.2, 0.25) is 5.91 Å². The van der Waals surface area contributed by atoms with Crippen molar-refractivity contribution in [1.82, 2.24) is 26.0 Å². The van der Waals surface area contributed by atoms with Gasteiger partial charge < -0.3 is 4.90 Å². The van der Waals surface area contributed by atoms with E-state index >= 15 is 0 Å². The minimum absolute atomic E-state index is 0.127. The summed E-state index contributed by atoms with van der Waals surface area (Å²) >= 11 is 1.75. The Balaban J connectivity index is 1.43. The molecule has 0 spiro atoms. The summed E-state index contributed by atoms with van der Waals surface area (Å²) in [7, 11) is 0. The Morgan fingerprint density at radius 1 is 1.22 bits per heavy atom. The first-order valence-corrected chi connectivity index (χ1v) is 9.41. The Kier molecular flexibility index (Phi) is 4.29. The number of hydrogen-bond acceptors (Lipinski definition) is 6. The number of fused-ring (bicyclic) bond motifs is 2. The fourth-order valence-electron chi connectivity index (χ4n) is 3.70. The third-order valence-corrected chi connectivity index (χ3v) is 5.64. The highest BCUT2D eigenvalue weighted by Crippen LogP contribution is 2.27. The molecular weight excluding hydrogens is 310 g/mol. The molecule has 0 aromatic heterocycles. The quantitative estimate of drug-likeness (QED) is 0.742. The molecule has 0 saturated carbocycles. The Bertz CT molecular complexity index is 571. The van der Waals surface area contributed by atoms with E-state index < -0.39 is 0 Å². The molecule has 1 aromatic rings. The van der Waals surface area contributed by atoms with Crippen LogP contribution in [0, 0.1) is 5.92 Å². The van der Waals surface area contributed by atoms with Crippen molar-refractivity contribution in [2.75, 3.05) is 19.3 Å². The molecule has 3 N–H and O–H groups in total. The standard InChI is InChI=1S/C16H23N5OS/c1-23-16-18-15-17-13-7-14(22)20(8-11-5-3-2-4-6-11)9-12(13)10-21(15)19-16/h2-6,12-13,15-19H,7-10H2,1H3. The molecule has 0 bridgehead atoms. The third-order valence-electron chi connectivity index (χ3n) is 4.93. The lowest BCUT2D eigenvalue weighted by atomic mass is 9.89. The van der Waals surface area contributed by atoms with E-state index in [1.54, 1.807) is 11.8 Å². The van der Waals surface area contributed by atoms with Gasteiger partial charge in [-0.15, -0.1) is 11.8 Å². The summed E-state index contributed by atoms with van der Waals surface area (Å²) in [6.07, 6.45) is 2.80. The average Bonchev–Trinajstić information content (AvgIpc) is 2.96. The molecule has 7 heteroatoms. The molecule has 4 rings (SSSR count). The molecular formula is C16H23N5OS.